The van der Waals surface area contributed by atoms with Gasteiger partial charge >= 0.3 is 0 Å². The highest BCUT2D eigenvalue weighted by molar-refractivity contribution is 14.0. The van der Waals surface area contributed by atoms with E-state index in [0.29, 0.717) is 43.4 Å². The molecule has 0 amide bonds. The number of nitrogens with one attached hydrogen (secondary N) is 2. The molecular weight excluding hydrogens is 507 g/mol. The number of benzene rings is 2. The highest BCUT2D eigenvalue weighted by Gasteiger charge is 2.17. The first-order valence-electron chi connectivity index (χ1n) is 9.44. The van der Waals surface area contributed by atoms with Crippen molar-refractivity contribution in [2.24, 2.45) is 4.99 Å². The van der Waals surface area contributed by atoms with Crippen LogP contribution in [-0.4, -0.2) is 39.0 Å². The summed E-state index contributed by atoms with van der Waals surface area (Å²) in [5.41, 5.74) is 1.50. The van der Waals surface area contributed by atoms with E-state index in [1.54, 1.807) is 25.2 Å². The van der Waals surface area contributed by atoms with Crippen LogP contribution in [0.5, 0.6) is 11.5 Å². The van der Waals surface area contributed by atoms with Crippen LogP contribution in [0.1, 0.15) is 18.1 Å². The van der Waals surface area contributed by atoms with Crippen molar-refractivity contribution in [3.63, 3.8) is 0 Å². The zero-order valence-electron chi connectivity index (χ0n) is 16.9. The van der Waals surface area contributed by atoms with Gasteiger partial charge in [0.25, 0.3) is 0 Å². The predicted octanol–water partition coefficient (Wildman–Crippen LogP) is 3.62. The van der Waals surface area contributed by atoms with E-state index in [4.69, 9.17) is 14.2 Å². The van der Waals surface area contributed by atoms with Crippen LogP contribution in [0, 0.1) is 11.6 Å². The Hall–Kier alpha value is -2.14. The van der Waals surface area contributed by atoms with Crippen LogP contribution in [0.25, 0.3) is 0 Å². The maximum atomic E-state index is 13.8. The minimum atomic E-state index is -0.395. The first-order valence-corrected chi connectivity index (χ1v) is 9.44. The van der Waals surface area contributed by atoms with Gasteiger partial charge in [-0.25, -0.2) is 8.78 Å². The van der Waals surface area contributed by atoms with Crippen LogP contribution in [0.4, 0.5) is 8.78 Å². The number of halogens is 3. The molecule has 3 rings (SSSR count). The second-order valence-electron chi connectivity index (χ2n) is 6.65. The van der Waals surface area contributed by atoms with Gasteiger partial charge in [0, 0.05) is 19.2 Å². The molecule has 2 aromatic rings. The topological polar surface area (TPSA) is 64.1 Å². The summed E-state index contributed by atoms with van der Waals surface area (Å²) in [6, 6.07) is 9.20. The average molecular weight is 533 g/mol. The van der Waals surface area contributed by atoms with Crippen LogP contribution in [0.2, 0.25) is 0 Å². The molecule has 0 bridgehead atoms. The lowest BCUT2D eigenvalue weighted by Crippen LogP contribution is -2.42. The average Bonchev–Trinajstić information content (AvgIpc) is 2.72. The molecule has 164 valence electrons. The van der Waals surface area contributed by atoms with Crippen molar-refractivity contribution in [2.45, 2.75) is 26.1 Å². The third kappa shape index (κ3) is 6.69. The van der Waals surface area contributed by atoms with Gasteiger partial charge in [0.2, 0.25) is 0 Å². The first kappa shape index (κ1) is 24.1. The number of nitrogens with zero attached hydrogens (tertiary/aromatic N) is 1. The Morgan fingerprint density at radius 3 is 2.80 bits per heavy atom. The van der Waals surface area contributed by atoms with E-state index in [-0.39, 0.29) is 48.4 Å². The first-order chi connectivity index (χ1) is 14.1. The van der Waals surface area contributed by atoms with Crippen molar-refractivity contribution in [3.8, 4) is 11.5 Å². The molecule has 9 heteroatoms. The second kappa shape index (κ2) is 11.9. The monoisotopic (exact) mass is 533 g/mol. The number of rotatable bonds is 7. The minimum absolute atomic E-state index is 0. The quantitative estimate of drug-likeness (QED) is 0.324. The number of guanidine groups is 1. The van der Waals surface area contributed by atoms with Crippen molar-refractivity contribution < 1.29 is 23.0 Å². The van der Waals surface area contributed by atoms with Crippen molar-refractivity contribution >= 4 is 29.9 Å². The molecule has 0 saturated heterocycles. The molecule has 1 heterocycles. The lowest BCUT2D eigenvalue weighted by Gasteiger charge is -2.21. The molecule has 1 atom stereocenters. The number of ether oxygens (including phenoxy) is 3. The van der Waals surface area contributed by atoms with Gasteiger partial charge in [-0.1, -0.05) is 12.1 Å². The third-order valence-corrected chi connectivity index (χ3v) is 4.38. The molecule has 2 aromatic carbocycles. The summed E-state index contributed by atoms with van der Waals surface area (Å²) < 4.78 is 43.8. The van der Waals surface area contributed by atoms with E-state index in [1.165, 1.54) is 18.2 Å². The van der Waals surface area contributed by atoms with Crippen LogP contribution >= 0.6 is 24.0 Å². The Morgan fingerprint density at radius 1 is 1.23 bits per heavy atom. The fraction of sp³-hybridized carbons (Fsp3) is 0.381. The van der Waals surface area contributed by atoms with E-state index in [1.807, 2.05) is 6.92 Å². The molecule has 1 aliphatic rings. The van der Waals surface area contributed by atoms with E-state index < -0.39 is 5.82 Å². The highest BCUT2D eigenvalue weighted by atomic mass is 127. The van der Waals surface area contributed by atoms with Gasteiger partial charge < -0.3 is 24.8 Å². The summed E-state index contributed by atoms with van der Waals surface area (Å²) >= 11 is 0. The van der Waals surface area contributed by atoms with Crippen LogP contribution < -0.4 is 20.1 Å². The van der Waals surface area contributed by atoms with Gasteiger partial charge in [0.1, 0.15) is 17.7 Å². The molecule has 1 unspecified atom stereocenters. The maximum Gasteiger partial charge on any atom is 0.191 e. The Labute approximate surface area is 192 Å². The lowest BCUT2D eigenvalue weighted by atomic mass is 10.1. The second-order valence-corrected chi connectivity index (χ2v) is 6.65. The van der Waals surface area contributed by atoms with Crippen LogP contribution in [-0.2, 0) is 17.8 Å². The van der Waals surface area contributed by atoms with E-state index >= 15 is 0 Å². The Morgan fingerprint density at radius 2 is 2.03 bits per heavy atom. The minimum Gasteiger partial charge on any atom is -0.486 e. The summed E-state index contributed by atoms with van der Waals surface area (Å²) in [6.07, 6.45) is 0.288. The van der Waals surface area contributed by atoms with Crippen molar-refractivity contribution in [1.29, 1.82) is 0 Å². The fourth-order valence-corrected chi connectivity index (χ4v) is 3.02. The van der Waals surface area contributed by atoms with Gasteiger partial charge in [-0.15, -0.1) is 24.0 Å². The summed E-state index contributed by atoms with van der Waals surface area (Å²) in [7, 11) is 1.65. The number of fused-ring (bicyclic) bond motifs is 1. The van der Waals surface area contributed by atoms with Gasteiger partial charge in [0.05, 0.1) is 13.2 Å². The summed E-state index contributed by atoms with van der Waals surface area (Å²) in [4.78, 5) is 4.16. The maximum absolute atomic E-state index is 13.8. The highest BCUT2D eigenvalue weighted by Crippen LogP contribution is 2.29. The molecule has 0 aromatic heterocycles. The summed E-state index contributed by atoms with van der Waals surface area (Å²) in [5.74, 6) is 0.768. The zero-order valence-corrected chi connectivity index (χ0v) is 19.2. The normalized spacial score (nSPS) is 14.1. The van der Waals surface area contributed by atoms with E-state index in [0.717, 1.165) is 5.56 Å². The Bertz CT molecular complexity index is 867. The van der Waals surface area contributed by atoms with Gasteiger partial charge in [0.15, 0.2) is 24.3 Å². The van der Waals surface area contributed by atoms with Gasteiger partial charge in [-0.3, -0.25) is 4.99 Å². The zero-order chi connectivity index (χ0) is 20.6. The molecule has 6 nitrogen and oxygen atoms in total. The number of hydrogen-bond acceptors (Lipinski definition) is 4. The van der Waals surface area contributed by atoms with Crippen molar-refractivity contribution in [3.05, 3.63) is 59.2 Å². The third-order valence-electron chi connectivity index (χ3n) is 4.38. The van der Waals surface area contributed by atoms with Gasteiger partial charge in [-0.2, -0.15) is 0 Å². The van der Waals surface area contributed by atoms with Gasteiger partial charge in [-0.05, 0) is 43.2 Å². The molecule has 30 heavy (non-hydrogen) atoms. The SMILES string of the molecule is CN=C(NCCc1cc(F)cc2c1OCOC2)NCC(C)Oc1ccccc1F.I. The standard InChI is InChI=1S/C21H25F2N3O3.HI/c1-14(29-19-6-4-3-5-18(19)23)11-26-21(24-2)25-8-7-15-9-17(22)10-16-12-27-13-28-20(15)16;/h3-6,9-10,14H,7-8,11-13H2,1-2H3,(H2,24,25,26);1H. The van der Waals surface area contributed by atoms with E-state index in [9.17, 15) is 8.78 Å². The molecule has 0 saturated carbocycles. The summed E-state index contributed by atoms with van der Waals surface area (Å²) in [6.45, 7) is 3.32. The Balaban J connectivity index is 0.00000320. The molecule has 0 fully saturated rings. The fourth-order valence-electron chi connectivity index (χ4n) is 3.02. The largest absolute Gasteiger partial charge is 0.486 e. The van der Waals surface area contributed by atoms with Crippen LogP contribution in [0.15, 0.2) is 41.4 Å². The smallest absolute Gasteiger partial charge is 0.191 e. The molecule has 0 aliphatic carbocycles. The molecule has 1 aliphatic heterocycles. The molecule has 0 spiro atoms. The van der Waals surface area contributed by atoms with E-state index in [2.05, 4.69) is 15.6 Å². The Kier molecular flexibility index (Phi) is 9.57. The lowest BCUT2D eigenvalue weighted by molar-refractivity contribution is -0.0172. The number of hydrogen-bond donors (Lipinski definition) is 2. The molecular formula is C21H26F2IN3O3. The number of para-hydroxylation sites is 1. The van der Waals surface area contributed by atoms with Crippen molar-refractivity contribution in [1.82, 2.24) is 10.6 Å². The number of aliphatic imine (C=N–C) groups is 1. The van der Waals surface area contributed by atoms with Crippen molar-refractivity contribution in [2.75, 3.05) is 26.9 Å². The molecule has 2 N–H and O–H groups in total. The summed E-state index contributed by atoms with van der Waals surface area (Å²) in [5, 5.41) is 6.31. The molecule has 0 radical (unpaired) electrons. The predicted molar refractivity (Wildman–Crippen MR) is 122 cm³/mol. The van der Waals surface area contributed by atoms with Crippen LogP contribution in [0.3, 0.4) is 0 Å².